The Balaban J connectivity index is 1.57. The molecule has 0 saturated carbocycles. The molecule has 1 atom stereocenters. The van der Waals surface area contributed by atoms with Gasteiger partial charge in [0.2, 0.25) is 0 Å². The van der Waals surface area contributed by atoms with Gasteiger partial charge in [-0.05, 0) is 24.3 Å². The van der Waals surface area contributed by atoms with Crippen molar-refractivity contribution in [3.8, 4) is 6.07 Å². The van der Waals surface area contributed by atoms with E-state index in [0.717, 1.165) is 16.5 Å². The molecule has 0 unspecified atom stereocenters. The SMILES string of the molecule is N#Cc1cccnc1N1CCN([C@@H](C(=O)O)c2c[nH]c3cc(Cl)ccc23)CC1. The summed E-state index contributed by atoms with van der Waals surface area (Å²) in [5, 5.41) is 20.7. The summed E-state index contributed by atoms with van der Waals surface area (Å²) in [7, 11) is 0. The molecule has 1 saturated heterocycles. The Morgan fingerprint density at radius 1 is 1.29 bits per heavy atom. The number of halogens is 1. The van der Waals surface area contributed by atoms with Crippen LogP contribution in [0.4, 0.5) is 5.82 Å². The van der Waals surface area contributed by atoms with E-state index < -0.39 is 12.0 Å². The van der Waals surface area contributed by atoms with Crippen molar-refractivity contribution < 1.29 is 9.90 Å². The summed E-state index contributed by atoms with van der Waals surface area (Å²) >= 11 is 6.04. The Labute approximate surface area is 166 Å². The zero-order valence-corrected chi connectivity index (χ0v) is 15.7. The van der Waals surface area contributed by atoms with Crippen LogP contribution in [0.15, 0.2) is 42.7 Å². The third-order valence-electron chi connectivity index (χ3n) is 5.09. The molecule has 0 bridgehead atoms. The molecule has 2 N–H and O–H groups in total. The number of aliphatic carboxylic acids is 1. The van der Waals surface area contributed by atoms with E-state index in [1.165, 1.54) is 0 Å². The molecule has 4 rings (SSSR count). The number of H-pyrrole nitrogens is 1. The van der Waals surface area contributed by atoms with Crippen LogP contribution < -0.4 is 4.90 Å². The minimum Gasteiger partial charge on any atom is -0.480 e. The lowest BCUT2D eigenvalue weighted by molar-refractivity contribution is -0.143. The smallest absolute Gasteiger partial charge is 0.325 e. The van der Waals surface area contributed by atoms with Crippen LogP contribution in [0, 0.1) is 11.3 Å². The molecule has 3 heterocycles. The van der Waals surface area contributed by atoms with Gasteiger partial charge < -0.3 is 15.0 Å². The van der Waals surface area contributed by atoms with Crippen molar-refractivity contribution in [3.05, 3.63) is 58.9 Å². The van der Waals surface area contributed by atoms with Crippen LogP contribution in [-0.4, -0.2) is 52.1 Å². The summed E-state index contributed by atoms with van der Waals surface area (Å²) in [6.07, 6.45) is 3.42. The second-order valence-electron chi connectivity index (χ2n) is 6.68. The van der Waals surface area contributed by atoms with Crippen molar-refractivity contribution in [2.75, 3.05) is 31.1 Å². The number of piperazine rings is 1. The lowest BCUT2D eigenvalue weighted by Gasteiger charge is -2.38. The van der Waals surface area contributed by atoms with E-state index >= 15 is 0 Å². The highest BCUT2D eigenvalue weighted by atomic mass is 35.5. The molecule has 7 nitrogen and oxygen atoms in total. The van der Waals surface area contributed by atoms with Gasteiger partial charge in [0.15, 0.2) is 0 Å². The van der Waals surface area contributed by atoms with E-state index in [0.29, 0.717) is 42.6 Å². The largest absolute Gasteiger partial charge is 0.480 e. The maximum absolute atomic E-state index is 12.1. The van der Waals surface area contributed by atoms with Crippen LogP contribution in [-0.2, 0) is 4.79 Å². The van der Waals surface area contributed by atoms with Gasteiger partial charge in [-0.1, -0.05) is 17.7 Å². The number of nitrogens with zero attached hydrogens (tertiary/aromatic N) is 4. The number of hydrogen-bond acceptors (Lipinski definition) is 5. The quantitative estimate of drug-likeness (QED) is 0.704. The highest BCUT2D eigenvalue weighted by molar-refractivity contribution is 6.31. The van der Waals surface area contributed by atoms with Gasteiger partial charge in [0.1, 0.15) is 17.9 Å². The summed E-state index contributed by atoms with van der Waals surface area (Å²) in [4.78, 5) is 23.5. The fourth-order valence-corrected chi connectivity index (χ4v) is 3.93. The molecule has 1 aliphatic heterocycles. The Kier molecular flexibility index (Phi) is 4.90. The van der Waals surface area contributed by atoms with Crippen LogP contribution >= 0.6 is 11.6 Å². The third-order valence-corrected chi connectivity index (χ3v) is 5.33. The first-order chi connectivity index (χ1) is 13.6. The molecule has 8 heteroatoms. The number of carboxylic acids is 1. The second kappa shape index (κ2) is 7.50. The van der Waals surface area contributed by atoms with Crippen molar-refractivity contribution in [1.29, 1.82) is 5.26 Å². The lowest BCUT2D eigenvalue weighted by Crippen LogP contribution is -2.49. The summed E-state index contributed by atoms with van der Waals surface area (Å²) in [6.45, 7) is 2.31. The van der Waals surface area contributed by atoms with Crippen molar-refractivity contribution in [2.24, 2.45) is 0 Å². The first kappa shape index (κ1) is 18.3. The monoisotopic (exact) mass is 395 g/mol. The molecule has 0 aliphatic carbocycles. The van der Waals surface area contributed by atoms with E-state index in [2.05, 4.69) is 16.0 Å². The number of pyridine rings is 1. The normalized spacial score (nSPS) is 16.1. The van der Waals surface area contributed by atoms with Gasteiger partial charge in [0.05, 0.1) is 5.56 Å². The number of nitriles is 1. The standard InChI is InChI=1S/C20H18ClN5O2/c21-14-3-4-15-16(12-24-17(15)10-14)18(20(27)28)25-6-8-26(9-7-25)19-13(11-22)2-1-5-23-19/h1-5,10,12,18,24H,6-9H2,(H,27,28)/t18-/m1/s1. The number of aromatic nitrogens is 2. The lowest BCUT2D eigenvalue weighted by atomic mass is 10.0. The molecule has 0 spiro atoms. The Hall–Kier alpha value is -3.08. The Bertz CT molecular complexity index is 1070. The molecular formula is C20H18ClN5O2. The third kappa shape index (κ3) is 3.28. The number of fused-ring (bicyclic) bond motifs is 1. The molecule has 3 aromatic rings. The Morgan fingerprint density at radius 3 is 2.79 bits per heavy atom. The summed E-state index contributed by atoms with van der Waals surface area (Å²) in [5.74, 6) is -0.238. The second-order valence-corrected chi connectivity index (χ2v) is 7.12. The van der Waals surface area contributed by atoms with E-state index in [9.17, 15) is 15.2 Å². The number of carboxylic acid groups (broad SMARTS) is 1. The molecule has 142 valence electrons. The number of rotatable bonds is 4. The van der Waals surface area contributed by atoms with Crippen LogP contribution in [0.1, 0.15) is 17.2 Å². The van der Waals surface area contributed by atoms with Gasteiger partial charge >= 0.3 is 5.97 Å². The number of carbonyl (C=O) groups is 1. The first-order valence-corrected chi connectivity index (χ1v) is 9.29. The van der Waals surface area contributed by atoms with E-state index in [1.54, 1.807) is 36.7 Å². The first-order valence-electron chi connectivity index (χ1n) is 8.92. The van der Waals surface area contributed by atoms with Crippen LogP contribution in [0.2, 0.25) is 5.02 Å². The van der Waals surface area contributed by atoms with E-state index in [-0.39, 0.29) is 0 Å². The number of anilines is 1. The summed E-state index contributed by atoms with van der Waals surface area (Å²) in [5.41, 5.74) is 2.07. The van der Waals surface area contributed by atoms with Gasteiger partial charge in [-0.2, -0.15) is 5.26 Å². The van der Waals surface area contributed by atoms with Crippen molar-refractivity contribution >= 4 is 34.3 Å². The van der Waals surface area contributed by atoms with E-state index in [1.807, 2.05) is 15.9 Å². The summed E-state index contributed by atoms with van der Waals surface area (Å²) < 4.78 is 0. The topological polar surface area (TPSA) is 96.2 Å². The number of aromatic amines is 1. The zero-order chi connectivity index (χ0) is 19.7. The number of nitrogens with one attached hydrogen (secondary N) is 1. The van der Waals surface area contributed by atoms with Crippen LogP contribution in [0.25, 0.3) is 10.9 Å². The maximum Gasteiger partial charge on any atom is 0.325 e. The zero-order valence-electron chi connectivity index (χ0n) is 15.0. The fraction of sp³-hybridized carbons (Fsp3) is 0.250. The maximum atomic E-state index is 12.1. The van der Waals surface area contributed by atoms with Gasteiger partial charge in [-0.25, -0.2) is 4.98 Å². The van der Waals surface area contributed by atoms with Crippen LogP contribution in [0.3, 0.4) is 0 Å². The van der Waals surface area contributed by atoms with Crippen LogP contribution in [0.5, 0.6) is 0 Å². The van der Waals surface area contributed by atoms with Gasteiger partial charge in [-0.3, -0.25) is 9.69 Å². The minimum absolute atomic E-state index is 0.527. The van der Waals surface area contributed by atoms with Crippen molar-refractivity contribution in [3.63, 3.8) is 0 Å². The molecule has 1 aliphatic rings. The molecule has 1 aromatic carbocycles. The molecule has 0 amide bonds. The van der Waals surface area contributed by atoms with Crippen molar-refractivity contribution in [1.82, 2.24) is 14.9 Å². The molecule has 2 aromatic heterocycles. The average Bonchev–Trinajstić information content (AvgIpc) is 3.11. The predicted octanol–water partition coefficient (Wildman–Crippen LogP) is 3.04. The van der Waals surface area contributed by atoms with E-state index in [4.69, 9.17) is 11.6 Å². The molecule has 1 fully saturated rings. The number of benzene rings is 1. The minimum atomic E-state index is -0.889. The van der Waals surface area contributed by atoms with Gasteiger partial charge in [0.25, 0.3) is 0 Å². The van der Waals surface area contributed by atoms with Gasteiger partial charge in [0, 0.05) is 60.1 Å². The highest BCUT2D eigenvalue weighted by Crippen LogP contribution is 2.31. The fourth-order valence-electron chi connectivity index (χ4n) is 3.76. The summed E-state index contributed by atoms with van der Waals surface area (Å²) in [6, 6.07) is 10.3. The molecule has 0 radical (unpaired) electrons. The predicted molar refractivity (Wildman–Crippen MR) is 106 cm³/mol. The molecular weight excluding hydrogens is 378 g/mol. The molecule has 28 heavy (non-hydrogen) atoms. The Morgan fingerprint density at radius 2 is 2.07 bits per heavy atom. The van der Waals surface area contributed by atoms with Gasteiger partial charge in [-0.15, -0.1) is 0 Å². The number of hydrogen-bond donors (Lipinski definition) is 2. The average molecular weight is 396 g/mol. The van der Waals surface area contributed by atoms with Crippen molar-refractivity contribution in [2.45, 2.75) is 6.04 Å². The highest BCUT2D eigenvalue weighted by Gasteiger charge is 2.32.